The number of pyridine rings is 1. The van der Waals surface area contributed by atoms with E-state index in [1.807, 2.05) is 19.2 Å². The predicted molar refractivity (Wildman–Crippen MR) is 70.1 cm³/mol. The lowest BCUT2D eigenvalue weighted by Gasteiger charge is -2.35. The lowest BCUT2D eigenvalue weighted by molar-refractivity contribution is 0.169. The van der Waals surface area contributed by atoms with Crippen molar-refractivity contribution in [3.63, 3.8) is 0 Å². The van der Waals surface area contributed by atoms with Gasteiger partial charge >= 0.3 is 0 Å². The molecule has 2 rings (SSSR count). The summed E-state index contributed by atoms with van der Waals surface area (Å²) in [6, 6.07) is 4.64. The van der Waals surface area contributed by atoms with Gasteiger partial charge in [0.1, 0.15) is 0 Å². The van der Waals surface area contributed by atoms with Crippen LogP contribution in [0.4, 0.5) is 5.69 Å². The number of rotatable bonds is 3. The van der Waals surface area contributed by atoms with E-state index in [-0.39, 0.29) is 0 Å². The number of anilines is 1. The molecule has 17 heavy (non-hydrogen) atoms. The van der Waals surface area contributed by atoms with Crippen LogP contribution in [0.3, 0.4) is 0 Å². The van der Waals surface area contributed by atoms with Crippen molar-refractivity contribution in [1.29, 1.82) is 0 Å². The van der Waals surface area contributed by atoms with Crippen LogP contribution in [0.1, 0.15) is 51.3 Å². The van der Waals surface area contributed by atoms with Crippen LogP contribution in [0.2, 0.25) is 0 Å². The average Bonchev–Trinajstić information content (AvgIpc) is 2.39. The first-order valence-electron chi connectivity index (χ1n) is 6.63. The van der Waals surface area contributed by atoms with Gasteiger partial charge in [0.25, 0.3) is 0 Å². The molecule has 1 saturated heterocycles. The molecule has 1 N–H and O–H groups in total. The first-order valence-corrected chi connectivity index (χ1v) is 6.63. The Morgan fingerprint density at radius 3 is 2.88 bits per heavy atom. The quantitative estimate of drug-likeness (QED) is 0.873. The van der Waals surface area contributed by atoms with E-state index in [1.165, 1.54) is 24.9 Å². The Balaban J connectivity index is 2.11. The highest BCUT2D eigenvalue weighted by atomic mass is 16.3. The third-order valence-corrected chi connectivity index (χ3v) is 3.63. The van der Waals surface area contributed by atoms with Crippen molar-refractivity contribution in [2.75, 3.05) is 11.4 Å². The van der Waals surface area contributed by atoms with E-state index in [0.717, 1.165) is 12.2 Å². The van der Waals surface area contributed by atoms with Crippen molar-refractivity contribution in [1.82, 2.24) is 4.98 Å². The molecule has 3 nitrogen and oxygen atoms in total. The minimum absolute atomic E-state index is 0.428. The number of piperidine rings is 1. The van der Waals surface area contributed by atoms with Crippen LogP contribution in [0.15, 0.2) is 18.3 Å². The van der Waals surface area contributed by atoms with Crippen LogP contribution in [-0.2, 0) is 0 Å². The van der Waals surface area contributed by atoms with E-state index in [0.29, 0.717) is 12.5 Å². The topological polar surface area (TPSA) is 36.4 Å². The van der Waals surface area contributed by atoms with Gasteiger partial charge in [-0.2, -0.15) is 0 Å². The average molecular weight is 234 g/mol. The SMILES string of the molecule is CCC(O)c1ccc(N2CCCCC2C)cn1. The van der Waals surface area contributed by atoms with Gasteiger partial charge in [-0.15, -0.1) is 0 Å². The Hall–Kier alpha value is -1.09. The molecule has 1 fully saturated rings. The Morgan fingerprint density at radius 1 is 1.47 bits per heavy atom. The molecule has 0 aromatic carbocycles. The summed E-state index contributed by atoms with van der Waals surface area (Å²) in [6.45, 7) is 5.36. The highest BCUT2D eigenvalue weighted by molar-refractivity contribution is 5.46. The summed E-state index contributed by atoms with van der Waals surface area (Å²) in [7, 11) is 0. The van der Waals surface area contributed by atoms with E-state index < -0.39 is 6.10 Å². The fourth-order valence-corrected chi connectivity index (χ4v) is 2.46. The maximum Gasteiger partial charge on any atom is 0.0957 e. The van der Waals surface area contributed by atoms with Crippen molar-refractivity contribution >= 4 is 5.69 Å². The number of aliphatic hydroxyl groups excluding tert-OH is 1. The summed E-state index contributed by atoms with van der Waals surface area (Å²) < 4.78 is 0. The van der Waals surface area contributed by atoms with Gasteiger partial charge in [0, 0.05) is 12.6 Å². The highest BCUT2D eigenvalue weighted by Crippen LogP contribution is 2.25. The predicted octanol–water partition coefficient (Wildman–Crippen LogP) is 2.90. The van der Waals surface area contributed by atoms with Crippen molar-refractivity contribution < 1.29 is 5.11 Å². The zero-order valence-electron chi connectivity index (χ0n) is 10.8. The van der Waals surface area contributed by atoms with E-state index in [4.69, 9.17) is 0 Å². The molecule has 0 amide bonds. The van der Waals surface area contributed by atoms with Crippen LogP contribution in [-0.4, -0.2) is 22.7 Å². The molecule has 1 aromatic heterocycles. The van der Waals surface area contributed by atoms with Crippen LogP contribution >= 0.6 is 0 Å². The third-order valence-electron chi connectivity index (χ3n) is 3.63. The van der Waals surface area contributed by atoms with Gasteiger partial charge in [0.05, 0.1) is 23.7 Å². The molecule has 94 valence electrons. The lowest BCUT2D eigenvalue weighted by Crippen LogP contribution is -2.37. The summed E-state index contributed by atoms with van der Waals surface area (Å²) in [6.07, 6.45) is 6.05. The summed E-state index contributed by atoms with van der Waals surface area (Å²) in [4.78, 5) is 6.78. The molecule has 2 atom stereocenters. The highest BCUT2D eigenvalue weighted by Gasteiger charge is 2.18. The monoisotopic (exact) mass is 234 g/mol. The lowest BCUT2D eigenvalue weighted by atomic mass is 10.0. The maximum absolute atomic E-state index is 9.71. The fraction of sp³-hybridized carbons (Fsp3) is 0.643. The van der Waals surface area contributed by atoms with E-state index >= 15 is 0 Å². The Labute approximate surface area is 103 Å². The van der Waals surface area contributed by atoms with Gasteiger partial charge in [-0.3, -0.25) is 4.98 Å². The Morgan fingerprint density at radius 2 is 2.29 bits per heavy atom. The van der Waals surface area contributed by atoms with Gasteiger partial charge < -0.3 is 10.0 Å². The van der Waals surface area contributed by atoms with Crippen molar-refractivity contribution in [2.24, 2.45) is 0 Å². The van der Waals surface area contributed by atoms with Crippen LogP contribution < -0.4 is 4.90 Å². The molecule has 0 aliphatic carbocycles. The molecular formula is C14H22N2O. The molecule has 0 spiro atoms. The molecular weight excluding hydrogens is 212 g/mol. The summed E-state index contributed by atoms with van der Waals surface area (Å²) in [5.41, 5.74) is 1.96. The molecule has 3 heteroatoms. The van der Waals surface area contributed by atoms with Gasteiger partial charge in [-0.05, 0) is 44.7 Å². The maximum atomic E-state index is 9.71. The van der Waals surface area contributed by atoms with Gasteiger partial charge in [-0.25, -0.2) is 0 Å². The minimum Gasteiger partial charge on any atom is -0.387 e. The molecule has 1 aliphatic rings. The summed E-state index contributed by atoms with van der Waals surface area (Å²) in [5.74, 6) is 0. The number of hydrogen-bond acceptors (Lipinski definition) is 3. The van der Waals surface area contributed by atoms with Crippen LogP contribution in [0.25, 0.3) is 0 Å². The van der Waals surface area contributed by atoms with Gasteiger partial charge in [-0.1, -0.05) is 6.92 Å². The molecule has 0 saturated carbocycles. The van der Waals surface area contributed by atoms with Crippen LogP contribution in [0, 0.1) is 0 Å². The second-order valence-electron chi connectivity index (χ2n) is 4.90. The number of aromatic nitrogens is 1. The summed E-state index contributed by atoms with van der Waals surface area (Å²) in [5, 5.41) is 9.71. The molecule has 0 bridgehead atoms. The standard InChI is InChI=1S/C14H22N2O/c1-3-14(17)13-8-7-12(10-15-13)16-9-5-4-6-11(16)2/h7-8,10-11,14,17H,3-6,9H2,1-2H3. The second-order valence-corrected chi connectivity index (χ2v) is 4.90. The largest absolute Gasteiger partial charge is 0.387 e. The van der Waals surface area contributed by atoms with Gasteiger partial charge in [0.15, 0.2) is 0 Å². The minimum atomic E-state index is -0.428. The number of aliphatic hydroxyl groups is 1. The molecule has 2 heterocycles. The first kappa shape index (κ1) is 12.4. The molecule has 1 aromatic rings. The fourth-order valence-electron chi connectivity index (χ4n) is 2.46. The van der Waals surface area contributed by atoms with Crippen molar-refractivity contribution in [2.45, 2.75) is 51.7 Å². The summed E-state index contributed by atoms with van der Waals surface area (Å²) >= 11 is 0. The zero-order chi connectivity index (χ0) is 12.3. The number of hydrogen-bond donors (Lipinski definition) is 1. The Bertz CT molecular complexity index is 350. The molecule has 2 unspecified atom stereocenters. The van der Waals surface area contributed by atoms with Crippen molar-refractivity contribution in [3.05, 3.63) is 24.0 Å². The van der Waals surface area contributed by atoms with Crippen molar-refractivity contribution in [3.8, 4) is 0 Å². The molecule has 1 aliphatic heterocycles. The second kappa shape index (κ2) is 5.50. The van der Waals surface area contributed by atoms with Crippen LogP contribution in [0.5, 0.6) is 0 Å². The number of nitrogens with zero attached hydrogens (tertiary/aromatic N) is 2. The Kier molecular flexibility index (Phi) is 4.00. The first-order chi connectivity index (χ1) is 8.22. The molecule has 0 radical (unpaired) electrons. The van der Waals surface area contributed by atoms with Gasteiger partial charge in [0.2, 0.25) is 0 Å². The van der Waals surface area contributed by atoms with E-state index in [1.54, 1.807) is 0 Å². The normalized spacial score (nSPS) is 22.5. The van der Waals surface area contributed by atoms with E-state index in [9.17, 15) is 5.11 Å². The smallest absolute Gasteiger partial charge is 0.0957 e. The zero-order valence-corrected chi connectivity index (χ0v) is 10.8. The third kappa shape index (κ3) is 2.78. The van der Waals surface area contributed by atoms with E-state index in [2.05, 4.69) is 22.9 Å².